The zero-order valence-corrected chi connectivity index (χ0v) is 19.5. The normalized spacial score (nSPS) is 21.5. The molecule has 2 aliphatic rings. The topological polar surface area (TPSA) is 66.5 Å². The summed E-state index contributed by atoms with van der Waals surface area (Å²) in [5.74, 6) is 0.000619. The van der Waals surface area contributed by atoms with Crippen molar-refractivity contribution in [3.8, 4) is 0 Å². The SMILES string of the molecule is C=C1/C(=C\C=C/C)C(c2ccc(C(=O)N(CC)CC)cc2)=CC2(CCNCC2)S1(=O)=O. The number of hydrogen-bond donors (Lipinski definition) is 1. The maximum absolute atomic E-state index is 13.4. The van der Waals surface area contributed by atoms with E-state index < -0.39 is 14.6 Å². The molecule has 0 radical (unpaired) electrons. The van der Waals surface area contributed by atoms with Gasteiger partial charge < -0.3 is 10.2 Å². The number of nitrogens with zero attached hydrogens (tertiary/aromatic N) is 1. The largest absolute Gasteiger partial charge is 0.339 e. The van der Waals surface area contributed by atoms with Crippen LogP contribution in [0.25, 0.3) is 5.57 Å². The first-order valence-electron chi connectivity index (χ1n) is 10.9. The van der Waals surface area contributed by atoms with Crippen LogP contribution in [0.4, 0.5) is 0 Å². The van der Waals surface area contributed by atoms with Crippen LogP contribution in [0, 0.1) is 0 Å². The molecule has 2 aliphatic heterocycles. The lowest BCUT2D eigenvalue weighted by atomic mass is 9.87. The molecule has 0 atom stereocenters. The molecule has 3 rings (SSSR count). The summed E-state index contributed by atoms with van der Waals surface area (Å²) < 4.78 is 25.9. The highest BCUT2D eigenvalue weighted by Gasteiger charge is 2.48. The molecule has 1 saturated heterocycles. The van der Waals surface area contributed by atoms with E-state index >= 15 is 0 Å². The molecule has 6 heteroatoms. The summed E-state index contributed by atoms with van der Waals surface area (Å²) in [6, 6.07) is 7.47. The molecule has 5 nitrogen and oxygen atoms in total. The van der Waals surface area contributed by atoms with Crippen LogP contribution in [-0.4, -0.2) is 50.2 Å². The minimum absolute atomic E-state index is 0.000619. The Labute approximate surface area is 186 Å². The molecule has 1 amide bonds. The zero-order chi connectivity index (χ0) is 22.6. The molecule has 166 valence electrons. The molecule has 1 aromatic rings. The van der Waals surface area contributed by atoms with Gasteiger partial charge in [0.1, 0.15) is 0 Å². The Bertz CT molecular complexity index is 1040. The predicted molar refractivity (Wildman–Crippen MR) is 127 cm³/mol. The molecule has 31 heavy (non-hydrogen) atoms. The molecule has 2 heterocycles. The fraction of sp³-hybridized carbons (Fsp3) is 0.400. The molecule has 0 aromatic heterocycles. The first-order valence-corrected chi connectivity index (χ1v) is 12.4. The van der Waals surface area contributed by atoms with E-state index in [-0.39, 0.29) is 10.8 Å². The Morgan fingerprint density at radius 3 is 2.32 bits per heavy atom. The number of hydrogen-bond acceptors (Lipinski definition) is 4. The van der Waals surface area contributed by atoms with Crippen LogP contribution in [0.15, 0.2) is 65.6 Å². The fourth-order valence-corrected chi connectivity index (χ4v) is 6.29. The molecule has 1 spiro atoms. The molecular formula is C25H32N2O3S. The van der Waals surface area contributed by atoms with Crippen LogP contribution < -0.4 is 5.32 Å². The van der Waals surface area contributed by atoms with Crippen molar-refractivity contribution in [3.05, 3.63) is 76.8 Å². The zero-order valence-electron chi connectivity index (χ0n) is 18.6. The number of amides is 1. The molecule has 0 saturated carbocycles. The summed E-state index contributed by atoms with van der Waals surface area (Å²) in [6.07, 6.45) is 8.48. The van der Waals surface area contributed by atoms with Crippen molar-refractivity contribution >= 4 is 21.3 Å². The summed E-state index contributed by atoms with van der Waals surface area (Å²) in [5, 5.41) is 3.26. The van der Waals surface area contributed by atoms with Gasteiger partial charge in [0, 0.05) is 24.2 Å². The van der Waals surface area contributed by atoms with Crippen molar-refractivity contribution in [2.75, 3.05) is 26.2 Å². The minimum Gasteiger partial charge on any atom is -0.339 e. The molecule has 1 fully saturated rings. The predicted octanol–water partition coefficient (Wildman–Crippen LogP) is 4.12. The first kappa shape index (κ1) is 23.2. The highest BCUT2D eigenvalue weighted by Crippen LogP contribution is 2.46. The molecular weight excluding hydrogens is 408 g/mol. The maximum Gasteiger partial charge on any atom is 0.253 e. The summed E-state index contributed by atoms with van der Waals surface area (Å²) in [7, 11) is -3.56. The van der Waals surface area contributed by atoms with E-state index in [9.17, 15) is 13.2 Å². The molecule has 0 aliphatic carbocycles. The van der Waals surface area contributed by atoms with Crippen LogP contribution in [0.3, 0.4) is 0 Å². The van der Waals surface area contributed by atoms with Gasteiger partial charge in [0.25, 0.3) is 5.91 Å². The number of piperidine rings is 1. The van der Waals surface area contributed by atoms with Crippen molar-refractivity contribution in [1.82, 2.24) is 10.2 Å². The van der Waals surface area contributed by atoms with Gasteiger partial charge in [0.15, 0.2) is 9.84 Å². The fourth-order valence-electron chi connectivity index (χ4n) is 4.32. The van der Waals surface area contributed by atoms with Crippen molar-refractivity contribution in [3.63, 3.8) is 0 Å². The van der Waals surface area contributed by atoms with Gasteiger partial charge in [-0.05, 0) is 70.0 Å². The van der Waals surface area contributed by atoms with Crippen molar-refractivity contribution in [2.45, 2.75) is 38.4 Å². The van der Waals surface area contributed by atoms with E-state index in [4.69, 9.17) is 0 Å². The van der Waals surface area contributed by atoms with Crippen molar-refractivity contribution in [2.24, 2.45) is 0 Å². The second-order valence-electron chi connectivity index (χ2n) is 7.96. The van der Waals surface area contributed by atoms with E-state index in [0.717, 1.165) is 11.1 Å². The Balaban J connectivity index is 2.11. The van der Waals surface area contributed by atoms with Crippen LogP contribution >= 0.6 is 0 Å². The third-order valence-electron chi connectivity index (χ3n) is 6.26. The number of carbonyl (C=O) groups excluding carboxylic acids is 1. The number of sulfone groups is 1. The highest BCUT2D eigenvalue weighted by atomic mass is 32.2. The maximum atomic E-state index is 13.4. The van der Waals surface area contributed by atoms with Crippen LogP contribution in [-0.2, 0) is 9.84 Å². The number of benzene rings is 1. The lowest BCUT2D eigenvalue weighted by Crippen LogP contribution is -2.48. The average molecular weight is 441 g/mol. The molecule has 1 N–H and O–H groups in total. The van der Waals surface area contributed by atoms with Gasteiger partial charge in [-0.25, -0.2) is 8.42 Å². The lowest BCUT2D eigenvalue weighted by molar-refractivity contribution is 0.0773. The summed E-state index contributed by atoms with van der Waals surface area (Å²) in [5.41, 5.74) is 3.00. The second kappa shape index (κ2) is 9.37. The third kappa shape index (κ3) is 4.19. The molecule has 0 bridgehead atoms. The Hall–Kier alpha value is -2.44. The van der Waals surface area contributed by atoms with Gasteiger partial charge in [-0.2, -0.15) is 0 Å². The quantitative estimate of drug-likeness (QED) is 0.748. The summed E-state index contributed by atoms with van der Waals surface area (Å²) in [6.45, 7) is 12.5. The minimum atomic E-state index is -3.56. The second-order valence-corrected chi connectivity index (χ2v) is 10.3. The van der Waals surface area contributed by atoms with E-state index in [1.54, 1.807) is 4.90 Å². The third-order valence-corrected chi connectivity index (χ3v) is 8.72. The molecule has 0 unspecified atom stereocenters. The van der Waals surface area contributed by atoms with E-state index in [0.29, 0.717) is 50.2 Å². The van der Waals surface area contributed by atoms with Crippen LogP contribution in [0.5, 0.6) is 0 Å². The first-order chi connectivity index (χ1) is 14.8. The number of rotatable bonds is 5. The number of nitrogens with one attached hydrogen (secondary N) is 1. The van der Waals surface area contributed by atoms with Gasteiger partial charge in [0.2, 0.25) is 0 Å². The monoisotopic (exact) mass is 440 g/mol. The van der Waals surface area contributed by atoms with Gasteiger partial charge >= 0.3 is 0 Å². The summed E-state index contributed by atoms with van der Waals surface area (Å²) in [4.78, 5) is 14.6. The van der Waals surface area contributed by atoms with Crippen molar-refractivity contribution in [1.29, 1.82) is 0 Å². The summed E-state index contributed by atoms with van der Waals surface area (Å²) >= 11 is 0. The van der Waals surface area contributed by atoms with E-state index in [1.165, 1.54) is 0 Å². The van der Waals surface area contributed by atoms with Crippen molar-refractivity contribution < 1.29 is 13.2 Å². The van der Waals surface area contributed by atoms with E-state index in [2.05, 4.69) is 11.9 Å². The number of carbonyl (C=O) groups is 1. The smallest absolute Gasteiger partial charge is 0.253 e. The molecule has 1 aromatic carbocycles. The van der Waals surface area contributed by atoms with Gasteiger partial charge in [-0.3, -0.25) is 4.79 Å². The van der Waals surface area contributed by atoms with Crippen LogP contribution in [0.1, 0.15) is 49.5 Å². The highest BCUT2D eigenvalue weighted by molar-refractivity contribution is 7.97. The Kier molecular flexibility index (Phi) is 7.02. The Morgan fingerprint density at radius 1 is 1.16 bits per heavy atom. The Morgan fingerprint density at radius 2 is 1.77 bits per heavy atom. The standard InChI is InChI=1S/C25H32N2O3S/c1-5-8-9-22-19(4)31(29,30)25(14-16-26-17-15-25)18-23(22)20-10-12-21(13-11-20)24(28)27(6-2)7-3/h5,8-13,18,26H,4,6-7,14-17H2,1-3H3/b8-5-,22-9+. The van der Waals surface area contributed by atoms with E-state index in [1.807, 2.05) is 69.3 Å². The van der Waals surface area contributed by atoms with Gasteiger partial charge in [0.05, 0.1) is 9.65 Å². The average Bonchev–Trinajstić information content (AvgIpc) is 2.79. The number of allylic oxidation sites excluding steroid dienone is 5. The lowest BCUT2D eigenvalue weighted by Gasteiger charge is -2.39. The van der Waals surface area contributed by atoms with Gasteiger partial charge in [-0.15, -0.1) is 0 Å². The van der Waals surface area contributed by atoms with Gasteiger partial charge in [-0.1, -0.05) is 43.0 Å². The van der Waals surface area contributed by atoms with Crippen LogP contribution in [0.2, 0.25) is 0 Å².